The predicted octanol–water partition coefficient (Wildman–Crippen LogP) is 1.67. The molecular weight excluding hydrogens is 216 g/mol. The lowest BCUT2D eigenvalue weighted by Crippen LogP contribution is -2.25. The maximum Gasteiger partial charge on any atom is 0.261 e. The van der Waals surface area contributed by atoms with Gasteiger partial charge in [-0.2, -0.15) is 0 Å². The normalized spacial score (nSPS) is 19.9. The van der Waals surface area contributed by atoms with Crippen LogP contribution >= 0.6 is 0 Å². The molecule has 1 aromatic carbocycles. The van der Waals surface area contributed by atoms with Crippen LogP contribution in [0.5, 0.6) is 0 Å². The minimum atomic E-state index is 0.0450. The number of fused-ring (bicyclic) bond motifs is 1. The van der Waals surface area contributed by atoms with E-state index >= 15 is 0 Å². The van der Waals surface area contributed by atoms with Crippen LogP contribution in [0.2, 0.25) is 0 Å². The SMILES string of the molecule is Cc1cccc2ncn([C@@H]3CCOC3)c(=O)c12. The van der Waals surface area contributed by atoms with Gasteiger partial charge in [-0.3, -0.25) is 9.36 Å². The number of nitrogens with zero attached hydrogens (tertiary/aromatic N) is 2. The van der Waals surface area contributed by atoms with Crippen LogP contribution in [-0.4, -0.2) is 22.8 Å². The van der Waals surface area contributed by atoms with Crippen molar-refractivity contribution >= 4 is 10.9 Å². The van der Waals surface area contributed by atoms with E-state index in [0.29, 0.717) is 6.61 Å². The second-order valence-electron chi connectivity index (χ2n) is 4.44. The third-order valence-electron chi connectivity index (χ3n) is 3.32. The van der Waals surface area contributed by atoms with E-state index in [1.165, 1.54) is 0 Å². The zero-order valence-electron chi connectivity index (χ0n) is 9.72. The van der Waals surface area contributed by atoms with Crippen LogP contribution in [0.3, 0.4) is 0 Å². The molecule has 4 heteroatoms. The number of benzene rings is 1. The first kappa shape index (κ1) is 10.5. The molecule has 88 valence electrons. The number of ether oxygens (including phenoxy) is 1. The lowest BCUT2D eigenvalue weighted by Gasteiger charge is -2.12. The van der Waals surface area contributed by atoms with Gasteiger partial charge >= 0.3 is 0 Å². The first-order valence-corrected chi connectivity index (χ1v) is 5.81. The summed E-state index contributed by atoms with van der Waals surface area (Å²) in [4.78, 5) is 16.8. The number of aryl methyl sites for hydroxylation is 1. The quantitative estimate of drug-likeness (QED) is 0.748. The maximum absolute atomic E-state index is 12.4. The largest absolute Gasteiger partial charge is 0.379 e. The van der Waals surface area contributed by atoms with Crippen LogP contribution in [0.25, 0.3) is 10.9 Å². The molecule has 0 saturated carbocycles. The summed E-state index contributed by atoms with van der Waals surface area (Å²) in [7, 11) is 0. The van der Waals surface area contributed by atoms with Crippen LogP contribution in [0.4, 0.5) is 0 Å². The molecule has 0 N–H and O–H groups in total. The van der Waals surface area contributed by atoms with Crippen molar-refractivity contribution in [1.82, 2.24) is 9.55 Å². The van der Waals surface area contributed by atoms with E-state index in [9.17, 15) is 4.79 Å². The molecule has 1 saturated heterocycles. The van der Waals surface area contributed by atoms with Gasteiger partial charge in [0.15, 0.2) is 0 Å². The average Bonchev–Trinajstić information content (AvgIpc) is 2.83. The van der Waals surface area contributed by atoms with E-state index in [2.05, 4.69) is 4.98 Å². The third kappa shape index (κ3) is 1.65. The van der Waals surface area contributed by atoms with Crippen LogP contribution in [0.15, 0.2) is 29.3 Å². The number of hydrogen-bond donors (Lipinski definition) is 0. The first-order chi connectivity index (χ1) is 8.27. The molecule has 0 spiro atoms. The molecule has 1 aromatic heterocycles. The molecule has 1 fully saturated rings. The van der Waals surface area contributed by atoms with E-state index in [4.69, 9.17) is 4.74 Å². The van der Waals surface area contributed by atoms with Crippen molar-refractivity contribution in [2.24, 2.45) is 0 Å². The summed E-state index contributed by atoms with van der Waals surface area (Å²) >= 11 is 0. The van der Waals surface area contributed by atoms with Gasteiger partial charge in [0, 0.05) is 6.61 Å². The Morgan fingerprint density at radius 1 is 1.47 bits per heavy atom. The number of aromatic nitrogens is 2. The molecule has 0 aliphatic carbocycles. The molecular formula is C13H14N2O2. The van der Waals surface area contributed by atoms with Crippen molar-refractivity contribution < 1.29 is 4.74 Å². The highest BCUT2D eigenvalue weighted by Crippen LogP contribution is 2.18. The Labute approximate surface area is 98.9 Å². The molecule has 1 aliphatic heterocycles. The fraction of sp³-hybridized carbons (Fsp3) is 0.385. The molecule has 0 bridgehead atoms. The zero-order valence-corrected chi connectivity index (χ0v) is 9.72. The summed E-state index contributed by atoms with van der Waals surface area (Å²) in [5.41, 5.74) is 1.79. The Bertz CT molecular complexity index is 612. The Morgan fingerprint density at radius 3 is 3.12 bits per heavy atom. The highest BCUT2D eigenvalue weighted by Gasteiger charge is 2.19. The molecule has 0 radical (unpaired) electrons. The highest BCUT2D eigenvalue weighted by atomic mass is 16.5. The second kappa shape index (κ2) is 3.96. The summed E-state index contributed by atoms with van der Waals surface area (Å²) in [6.07, 6.45) is 2.53. The standard InChI is InChI=1S/C13H14N2O2/c1-9-3-2-4-11-12(9)13(16)15(8-14-11)10-5-6-17-7-10/h2-4,8,10H,5-7H2,1H3/t10-/m1/s1. The first-order valence-electron chi connectivity index (χ1n) is 5.81. The topological polar surface area (TPSA) is 44.1 Å². The van der Waals surface area contributed by atoms with Crippen LogP contribution < -0.4 is 5.56 Å². The van der Waals surface area contributed by atoms with Gasteiger partial charge in [0.2, 0.25) is 0 Å². The molecule has 1 atom stereocenters. The van der Waals surface area contributed by atoms with E-state index in [0.717, 1.165) is 29.5 Å². The minimum absolute atomic E-state index is 0.0450. The fourth-order valence-electron chi connectivity index (χ4n) is 2.35. The number of hydrogen-bond acceptors (Lipinski definition) is 3. The summed E-state index contributed by atoms with van der Waals surface area (Å²) in [5.74, 6) is 0. The molecule has 0 amide bonds. The van der Waals surface area contributed by atoms with Crippen molar-refractivity contribution in [2.75, 3.05) is 13.2 Å². The lowest BCUT2D eigenvalue weighted by atomic mass is 10.1. The smallest absolute Gasteiger partial charge is 0.261 e. The van der Waals surface area contributed by atoms with Gasteiger partial charge in [0.25, 0.3) is 5.56 Å². The van der Waals surface area contributed by atoms with Crippen molar-refractivity contribution in [3.05, 3.63) is 40.4 Å². The van der Waals surface area contributed by atoms with Gasteiger partial charge in [0.05, 0.1) is 29.9 Å². The third-order valence-corrected chi connectivity index (χ3v) is 3.32. The molecule has 4 nitrogen and oxygen atoms in total. The zero-order chi connectivity index (χ0) is 11.8. The number of rotatable bonds is 1. The van der Waals surface area contributed by atoms with Crippen LogP contribution in [0, 0.1) is 6.92 Å². The summed E-state index contributed by atoms with van der Waals surface area (Å²) in [6.45, 7) is 3.28. The fourth-order valence-corrected chi connectivity index (χ4v) is 2.35. The Morgan fingerprint density at radius 2 is 2.35 bits per heavy atom. The van der Waals surface area contributed by atoms with Crippen LogP contribution in [-0.2, 0) is 4.74 Å². The monoisotopic (exact) mass is 230 g/mol. The lowest BCUT2D eigenvalue weighted by molar-refractivity contribution is 0.186. The average molecular weight is 230 g/mol. The maximum atomic E-state index is 12.4. The highest BCUT2D eigenvalue weighted by molar-refractivity contribution is 5.80. The van der Waals surface area contributed by atoms with Crippen LogP contribution in [0.1, 0.15) is 18.0 Å². The molecule has 2 aromatic rings. The van der Waals surface area contributed by atoms with E-state index in [1.54, 1.807) is 10.9 Å². The summed E-state index contributed by atoms with van der Waals surface area (Å²) < 4.78 is 7.03. The summed E-state index contributed by atoms with van der Waals surface area (Å²) in [5, 5.41) is 0.724. The molecule has 3 rings (SSSR count). The van der Waals surface area contributed by atoms with Gasteiger partial charge in [-0.1, -0.05) is 12.1 Å². The van der Waals surface area contributed by atoms with E-state index < -0.39 is 0 Å². The summed E-state index contributed by atoms with van der Waals surface area (Å²) in [6, 6.07) is 5.88. The van der Waals surface area contributed by atoms with Gasteiger partial charge in [-0.15, -0.1) is 0 Å². The molecule has 17 heavy (non-hydrogen) atoms. The van der Waals surface area contributed by atoms with Crippen molar-refractivity contribution in [1.29, 1.82) is 0 Å². The second-order valence-corrected chi connectivity index (χ2v) is 4.44. The molecule has 0 unspecified atom stereocenters. The van der Waals surface area contributed by atoms with E-state index in [1.807, 2.05) is 25.1 Å². The van der Waals surface area contributed by atoms with Gasteiger partial charge in [-0.05, 0) is 25.0 Å². The van der Waals surface area contributed by atoms with Crippen molar-refractivity contribution in [2.45, 2.75) is 19.4 Å². The van der Waals surface area contributed by atoms with E-state index in [-0.39, 0.29) is 11.6 Å². The molecule has 2 heterocycles. The predicted molar refractivity (Wildman–Crippen MR) is 65.2 cm³/mol. The van der Waals surface area contributed by atoms with Gasteiger partial charge in [0.1, 0.15) is 0 Å². The van der Waals surface area contributed by atoms with Crippen molar-refractivity contribution in [3.63, 3.8) is 0 Å². The Kier molecular flexibility index (Phi) is 2.44. The van der Waals surface area contributed by atoms with Gasteiger partial charge < -0.3 is 4.74 Å². The molecule has 1 aliphatic rings. The Balaban J connectivity index is 2.25. The van der Waals surface area contributed by atoms with Crippen molar-refractivity contribution in [3.8, 4) is 0 Å². The minimum Gasteiger partial charge on any atom is -0.379 e. The van der Waals surface area contributed by atoms with Gasteiger partial charge in [-0.25, -0.2) is 4.98 Å². The Hall–Kier alpha value is -1.68.